The van der Waals surface area contributed by atoms with Crippen LogP contribution in [0.1, 0.15) is 32.6 Å². The van der Waals surface area contributed by atoms with Gasteiger partial charge in [-0.1, -0.05) is 19.8 Å². The smallest absolute Gasteiger partial charge is 0.177 e. The van der Waals surface area contributed by atoms with Crippen molar-refractivity contribution in [3.63, 3.8) is 0 Å². The molecule has 0 radical (unpaired) electrons. The fourth-order valence-corrected chi connectivity index (χ4v) is 4.48. The number of sulfone groups is 2. The van der Waals surface area contributed by atoms with Gasteiger partial charge in [0.2, 0.25) is 0 Å². The first-order valence-corrected chi connectivity index (χ1v) is 11.2. The average molecular weight is 345 g/mol. The predicted molar refractivity (Wildman–Crippen MR) is 87.7 cm³/mol. The van der Waals surface area contributed by atoms with Crippen molar-refractivity contribution in [3.8, 4) is 0 Å². The minimum absolute atomic E-state index is 0.0233. The topological polar surface area (TPSA) is 80.3 Å². The molecule has 1 aliphatic carbocycles. The Hall–Kier alpha value is -1.08. The zero-order valence-corrected chi connectivity index (χ0v) is 14.8. The maximum atomic E-state index is 12.0. The maximum absolute atomic E-state index is 12.0. The van der Waals surface area contributed by atoms with Crippen molar-refractivity contribution in [2.45, 2.75) is 48.4 Å². The summed E-state index contributed by atoms with van der Waals surface area (Å²) in [6, 6.07) is 4.49. The van der Waals surface area contributed by atoms with E-state index in [9.17, 15) is 16.8 Å². The van der Waals surface area contributed by atoms with E-state index in [1.807, 2.05) is 0 Å². The Morgan fingerprint density at radius 2 is 1.64 bits per heavy atom. The summed E-state index contributed by atoms with van der Waals surface area (Å²) in [5.41, 5.74) is 0.494. The monoisotopic (exact) mass is 345 g/mol. The molecule has 0 aromatic heterocycles. The Kier molecular flexibility index (Phi) is 4.87. The lowest BCUT2D eigenvalue weighted by molar-refractivity contribution is 0.349. The molecule has 0 spiro atoms. The highest BCUT2D eigenvalue weighted by Crippen LogP contribution is 2.31. The van der Waals surface area contributed by atoms with Gasteiger partial charge in [-0.2, -0.15) is 0 Å². The van der Waals surface area contributed by atoms with Crippen LogP contribution in [0.3, 0.4) is 0 Å². The number of nitrogens with one attached hydrogen (secondary N) is 1. The highest BCUT2D eigenvalue weighted by Gasteiger charge is 2.24. The molecule has 0 unspecified atom stereocenters. The minimum atomic E-state index is -3.51. The molecule has 124 valence electrons. The Morgan fingerprint density at radius 1 is 1.00 bits per heavy atom. The molecule has 1 N–H and O–H groups in total. The van der Waals surface area contributed by atoms with Gasteiger partial charge in [0.15, 0.2) is 19.7 Å². The van der Waals surface area contributed by atoms with Crippen LogP contribution in [-0.4, -0.2) is 35.4 Å². The van der Waals surface area contributed by atoms with Gasteiger partial charge in [-0.05, 0) is 37.0 Å². The van der Waals surface area contributed by atoms with Gasteiger partial charge in [-0.15, -0.1) is 0 Å². The van der Waals surface area contributed by atoms with E-state index in [0.29, 0.717) is 11.6 Å². The Balaban J connectivity index is 2.43. The molecule has 1 aliphatic rings. The second-order valence-electron chi connectivity index (χ2n) is 6.21. The molecule has 0 aliphatic heterocycles. The number of benzene rings is 1. The van der Waals surface area contributed by atoms with E-state index in [2.05, 4.69) is 12.2 Å². The molecule has 0 amide bonds. The Morgan fingerprint density at radius 3 is 2.18 bits per heavy atom. The summed E-state index contributed by atoms with van der Waals surface area (Å²) in [5.74, 6) is 0.468. The van der Waals surface area contributed by atoms with E-state index < -0.39 is 19.7 Å². The Labute approximate surface area is 133 Å². The van der Waals surface area contributed by atoms with E-state index in [-0.39, 0.29) is 15.8 Å². The standard InChI is InChI=1S/C15H23NO4S2/c1-11-6-4-5-7-13(11)16-14-9-8-12(21(2,17)18)10-15(14)22(3,19)20/h8-11,13,16H,4-7H2,1-3H3/t11-,13-/m0/s1. The zero-order valence-electron chi connectivity index (χ0n) is 13.2. The quantitative estimate of drug-likeness (QED) is 0.907. The van der Waals surface area contributed by atoms with Crippen LogP contribution in [0.5, 0.6) is 0 Å². The molecule has 0 saturated heterocycles. The highest BCUT2D eigenvalue weighted by atomic mass is 32.2. The molecule has 22 heavy (non-hydrogen) atoms. The van der Waals surface area contributed by atoms with Crippen molar-refractivity contribution in [3.05, 3.63) is 18.2 Å². The third-order valence-electron chi connectivity index (χ3n) is 4.23. The lowest BCUT2D eigenvalue weighted by Crippen LogP contribution is -2.30. The molecule has 1 saturated carbocycles. The fraction of sp³-hybridized carbons (Fsp3) is 0.600. The highest BCUT2D eigenvalue weighted by molar-refractivity contribution is 7.91. The molecule has 5 nitrogen and oxygen atoms in total. The number of rotatable bonds is 4. The van der Waals surface area contributed by atoms with Crippen molar-refractivity contribution < 1.29 is 16.8 Å². The molecule has 0 heterocycles. The summed E-state index contributed by atoms with van der Waals surface area (Å²) < 4.78 is 47.3. The van der Waals surface area contributed by atoms with Crippen LogP contribution in [-0.2, 0) is 19.7 Å². The van der Waals surface area contributed by atoms with Crippen LogP contribution in [0.2, 0.25) is 0 Å². The van der Waals surface area contributed by atoms with Gasteiger partial charge < -0.3 is 5.32 Å². The van der Waals surface area contributed by atoms with Crippen LogP contribution in [0.25, 0.3) is 0 Å². The molecule has 2 rings (SSSR count). The second-order valence-corrected chi connectivity index (χ2v) is 10.2. The lowest BCUT2D eigenvalue weighted by atomic mass is 9.86. The van der Waals surface area contributed by atoms with E-state index in [1.165, 1.54) is 18.6 Å². The molecule has 2 atom stereocenters. The summed E-state index contributed by atoms with van der Waals surface area (Å²) in [6.45, 7) is 2.15. The normalized spacial score (nSPS) is 23.2. The van der Waals surface area contributed by atoms with Crippen molar-refractivity contribution >= 4 is 25.4 Å². The summed E-state index contributed by atoms with van der Waals surface area (Å²) in [4.78, 5) is 0.0726. The van der Waals surface area contributed by atoms with Crippen LogP contribution >= 0.6 is 0 Å². The third kappa shape index (κ3) is 4.01. The van der Waals surface area contributed by atoms with Gasteiger partial charge in [0.05, 0.1) is 15.5 Å². The van der Waals surface area contributed by atoms with Gasteiger partial charge in [-0.25, -0.2) is 16.8 Å². The summed E-state index contributed by atoms with van der Waals surface area (Å²) in [5, 5.41) is 3.31. The molecular formula is C15H23NO4S2. The molecule has 1 aromatic rings. The number of hydrogen-bond acceptors (Lipinski definition) is 5. The van der Waals surface area contributed by atoms with E-state index >= 15 is 0 Å². The second kappa shape index (κ2) is 6.20. The predicted octanol–water partition coefficient (Wildman–Crippen LogP) is 2.48. The van der Waals surface area contributed by atoms with Gasteiger partial charge in [0, 0.05) is 18.6 Å². The first-order valence-electron chi connectivity index (χ1n) is 7.40. The molecular weight excluding hydrogens is 322 g/mol. The maximum Gasteiger partial charge on any atom is 0.177 e. The first-order chi connectivity index (χ1) is 10.1. The zero-order chi connectivity index (χ0) is 16.5. The first kappa shape index (κ1) is 17.3. The molecule has 1 aromatic carbocycles. The summed E-state index contributed by atoms with van der Waals surface area (Å²) in [7, 11) is -6.95. The van der Waals surface area contributed by atoms with Crippen molar-refractivity contribution in [1.29, 1.82) is 0 Å². The summed E-state index contributed by atoms with van der Waals surface area (Å²) in [6.07, 6.45) is 6.61. The largest absolute Gasteiger partial charge is 0.381 e. The summed E-state index contributed by atoms with van der Waals surface area (Å²) >= 11 is 0. The van der Waals surface area contributed by atoms with Crippen LogP contribution in [0, 0.1) is 5.92 Å². The van der Waals surface area contributed by atoms with E-state index in [4.69, 9.17) is 0 Å². The van der Waals surface area contributed by atoms with Crippen molar-refractivity contribution in [2.24, 2.45) is 5.92 Å². The average Bonchev–Trinajstić information content (AvgIpc) is 2.39. The third-order valence-corrected chi connectivity index (χ3v) is 6.48. The van der Waals surface area contributed by atoms with Crippen molar-refractivity contribution in [2.75, 3.05) is 17.8 Å². The SMILES string of the molecule is C[C@H]1CCCC[C@@H]1Nc1ccc(S(C)(=O)=O)cc1S(C)(=O)=O. The minimum Gasteiger partial charge on any atom is -0.381 e. The van der Waals surface area contributed by atoms with Gasteiger partial charge in [0.25, 0.3) is 0 Å². The molecule has 7 heteroatoms. The number of anilines is 1. The molecule has 0 bridgehead atoms. The van der Waals surface area contributed by atoms with Crippen LogP contribution < -0.4 is 5.32 Å². The van der Waals surface area contributed by atoms with E-state index in [1.54, 1.807) is 6.07 Å². The fourth-order valence-electron chi connectivity index (χ4n) is 2.89. The van der Waals surface area contributed by atoms with E-state index in [0.717, 1.165) is 31.8 Å². The molecule has 1 fully saturated rings. The van der Waals surface area contributed by atoms with Crippen LogP contribution in [0.15, 0.2) is 28.0 Å². The van der Waals surface area contributed by atoms with Gasteiger partial charge >= 0.3 is 0 Å². The Bertz CT molecular complexity index is 754. The van der Waals surface area contributed by atoms with Crippen molar-refractivity contribution in [1.82, 2.24) is 0 Å². The van der Waals surface area contributed by atoms with Gasteiger partial charge in [-0.3, -0.25) is 0 Å². The lowest BCUT2D eigenvalue weighted by Gasteiger charge is -2.31. The van der Waals surface area contributed by atoms with Gasteiger partial charge in [0.1, 0.15) is 0 Å². The number of hydrogen-bond donors (Lipinski definition) is 1. The van der Waals surface area contributed by atoms with Crippen LogP contribution in [0.4, 0.5) is 5.69 Å².